The van der Waals surface area contributed by atoms with E-state index in [2.05, 4.69) is 12.2 Å². The van der Waals surface area contributed by atoms with E-state index in [1.165, 1.54) is 32.1 Å². The summed E-state index contributed by atoms with van der Waals surface area (Å²) in [5.41, 5.74) is -0.396. The molecule has 1 N–H and O–H groups in total. The Labute approximate surface area is 113 Å². The minimum atomic E-state index is -0.396. The summed E-state index contributed by atoms with van der Waals surface area (Å²) in [4.78, 5) is 11.9. The van der Waals surface area contributed by atoms with Crippen LogP contribution in [0.1, 0.15) is 72.6 Å². The maximum Gasteiger partial charge on any atom is 0.323 e. The predicted molar refractivity (Wildman–Crippen MR) is 76.7 cm³/mol. The first-order valence-corrected chi connectivity index (χ1v) is 7.31. The van der Waals surface area contributed by atoms with Crippen molar-refractivity contribution in [2.24, 2.45) is 0 Å². The molecule has 0 aromatic heterocycles. The van der Waals surface area contributed by atoms with Crippen molar-refractivity contribution >= 4 is 5.97 Å². The second-order valence-corrected chi connectivity index (χ2v) is 5.93. The van der Waals surface area contributed by atoms with Gasteiger partial charge in [-0.25, -0.2) is 0 Å². The maximum atomic E-state index is 11.9. The summed E-state index contributed by atoms with van der Waals surface area (Å²) in [6.07, 6.45) is 8.36. The Morgan fingerprint density at radius 2 is 1.67 bits per heavy atom. The Morgan fingerprint density at radius 1 is 1.11 bits per heavy atom. The van der Waals surface area contributed by atoms with E-state index in [1.54, 1.807) is 0 Å². The number of hydrogen-bond acceptors (Lipinski definition) is 3. The summed E-state index contributed by atoms with van der Waals surface area (Å²) in [5.74, 6) is -0.126. The summed E-state index contributed by atoms with van der Waals surface area (Å²) in [6, 6.07) is -0.157. The van der Waals surface area contributed by atoms with Crippen molar-refractivity contribution in [2.45, 2.75) is 84.3 Å². The fourth-order valence-corrected chi connectivity index (χ4v) is 1.88. The van der Waals surface area contributed by atoms with Crippen LogP contribution in [0, 0.1) is 0 Å². The number of carbonyl (C=O) groups is 1. The molecule has 0 fully saturated rings. The molecule has 0 bridgehead atoms. The van der Waals surface area contributed by atoms with Crippen LogP contribution in [-0.2, 0) is 9.53 Å². The standard InChI is InChI=1S/C15H31NO2/c1-6-7-8-9-10-11-12-13(16-5)14(17)18-15(2,3)4/h13,16H,6-12H2,1-5H3. The van der Waals surface area contributed by atoms with Crippen molar-refractivity contribution in [1.29, 1.82) is 0 Å². The third kappa shape index (κ3) is 9.46. The molecule has 0 aromatic carbocycles. The van der Waals surface area contributed by atoms with Gasteiger partial charge in [-0.1, -0.05) is 45.4 Å². The number of unbranched alkanes of at least 4 members (excludes halogenated alkanes) is 5. The Morgan fingerprint density at radius 3 is 2.17 bits per heavy atom. The lowest BCUT2D eigenvalue weighted by atomic mass is 10.1. The third-order valence-corrected chi connectivity index (χ3v) is 2.89. The van der Waals surface area contributed by atoms with E-state index >= 15 is 0 Å². The van der Waals surface area contributed by atoms with Gasteiger partial charge in [0.05, 0.1) is 0 Å². The SMILES string of the molecule is CCCCCCCCC(NC)C(=O)OC(C)(C)C. The van der Waals surface area contributed by atoms with Crippen LogP contribution < -0.4 is 5.32 Å². The highest BCUT2D eigenvalue weighted by atomic mass is 16.6. The Bertz CT molecular complexity index is 221. The van der Waals surface area contributed by atoms with Crippen LogP contribution in [-0.4, -0.2) is 24.7 Å². The highest BCUT2D eigenvalue weighted by Gasteiger charge is 2.23. The monoisotopic (exact) mass is 257 g/mol. The molecule has 108 valence electrons. The molecule has 0 spiro atoms. The molecule has 0 radical (unpaired) electrons. The maximum absolute atomic E-state index is 11.9. The Kier molecular flexibility index (Phi) is 9.08. The Hall–Kier alpha value is -0.570. The summed E-state index contributed by atoms with van der Waals surface area (Å²) < 4.78 is 5.38. The van der Waals surface area contributed by atoms with Crippen LogP contribution in [0.3, 0.4) is 0 Å². The zero-order valence-corrected chi connectivity index (χ0v) is 12.8. The van der Waals surface area contributed by atoms with Gasteiger partial charge in [-0.15, -0.1) is 0 Å². The second kappa shape index (κ2) is 9.37. The number of esters is 1. The molecule has 1 atom stereocenters. The van der Waals surface area contributed by atoms with Crippen molar-refractivity contribution in [2.75, 3.05) is 7.05 Å². The van der Waals surface area contributed by atoms with Gasteiger partial charge in [0.2, 0.25) is 0 Å². The normalized spacial score (nSPS) is 13.4. The molecule has 0 saturated heterocycles. The summed E-state index contributed by atoms with van der Waals surface area (Å²) in [7, 11) is 1.83. The van der Waals surface area contributed by atoms with E-state index in [9.17, 15) is 4.79 Å². The van der Waals surface area contributed by atoms with E-state index in [1.807, 2.05) is 27.8 Å². The molecular weight excluding hydrogens is 226 g/mol. The lowest BCUT2D eigenvalue weighted by molar-refractivity contribution is -0.157. The predicted octanol–water partition coefficient (Wildman–Crippen LogP) is 3.67. The number of nitrogens with one attached hydrogen (secondary N) is 1. The van der Waals surface area contributed by atoms with Crippen LogP contribution in [0.4, 0.5) is 0 Å². The molecule has 0 saturated carbocycles. The molecule has 0 aromatic rings. The van der Waals surface area contributed by atoms with Gasteiger partial charge in [-0.05, 0) is 34.2 Å². The zero-order chi connectivity index (χ0) is 14.0. The van der Waals surface area contributed by atoms with Gasteiger partial charge in [0.25, 0.3) is 0 Å². The third-order valence-electron chi connectivity index (χ3n) is 2.89. The first-order valence-electron chi connectivity index (χ1n) is 7.31. The van der Waals surface area contributed by atoms with Gasteiger partial charge in [0.1, 0.15) is 11.6 Å². The molecule has 3 nitrogen and oxygen atoms in total. The lowest BCUT2D eigenvalue weighted by Crippen LogP contribution is -2.39. The van der Waals surface area contributed by atoms with Crippen molar-refractivity contribution in [3.63, 3.8) is 0 Å². The molecular formula is C15H31NO2. The van der Waals surface area contributed by atoms with E-state index in [4.69, 9.17) is 4.74 Å². The summed E-state index contributed by atoms with van der Waals surface area (Å²) in [5, 5.41) is 3.05. The van der Waals surface area contributed by atoms with Gasteiger partial charge in [0, 0.05) is 0 Å². The molecule has 1 unspecified atom stereocenters. The largest absolute Gasteiger partial charge is 0.459 e. The Balaban J connectivity index is 3.79. The fourth-order valence-electron chi connectivity index (χ4n) is 1.88. The number of likely N-dealkylation sites (N-methyl/N-ethyl adjacent to an activating group) is 1. The zero-order valence-electron chi connectivity index (χ0n) is 12.8. The molecule has 18 heavy (non-hydrogen) atoms. The van der Waals surface area contributed by atoms with Crippen molar-refractivity contribution < 1.29 is 9.53 Å². The number of carbonyl (C=O) groups excluding carboxylic acids is 1. The summed E-state index contributed by atoms with van der Waals surface area (Å²) >= 11 is 0. The molecule has 0 aliphatic heterocycles. The van der Waals surface area contributed by atoms with Crippen molar-refractivity contribution in [1.82, 2.24) is 5.32 Å². The van der Waals surface area contributed by atoms with Crippen molar-refractivity contribution in [3.8, 4) is 0 Å². The van der Waals surface area contributed by atoms with Gasteiger partial charge in [-0.2, -0.15) is 0 Å². The van der Waals surface area contributed by atoms with E-state index in [0.29, 0.717) is 0 Å². The van der Waals surface area contributed by atoms with Gasteiger partial charge < -0.3 is 10.1 Å². The highest BCUT2D eigenvalue weighted by molar-refractivity contribution is 5.76. The highest BCUT2D eigenvalue weighted by Crippen LogP contribution is 2.13. The van der Waals surface area contributed by atoms with Crippen LogP contribution in [0.2, 0.25) is 0 Å². The smallest absolute Gasteiger partial charge is 0.323 e. The first-order chi connectivity index (χ1) is 8.40. The van der Waals surface area contributed by atoms with Crippen LogP contribution in [0.25, 0.3) is 0 Å². The van der Waals surface area contributed by atoms with Gasteiger partial charge in [0.15, 0.2) is 0 Å². The average Bonchev–Trinajstić information content (AvgIpc) is 2.25. The first kappa shape index (κ1) is 17.4. The molecule has 0 rings (SSSR count). The number of rotatable bonds is 9. The van der Waals surface area contributed by atoms with E-state index in [-0.39, 0.29) is 12.0 Å². The minimum absolute atomic E-state index is 0.126. The quantitative estimate of drug-likeness (QED) is 0.506. The molecule has 0 amide bonds. The topological polar surface area (TPSA) is 38.3 Å². The van der Waals surface area contributed by atoms with Crippen LogP contribution >= 0.6 is 0 Å². The molecule has 3 heteroatoms. The van der Waals surface area contributed by atoms with Crippen LogP contribution in [0.5, 0.6) is 0 Å². The number of ether oxygens (including phenoxy) is 1. The van der Waals surface area contributed by atoms with Crippen LogP contribution in [0.15, 0.2) is 0 Å². The minimum Gasteiger partial charge on any atom is -0.459 e. The van der Waals surface area contributed by atoms with E-state index in [0.717, 1.165) is 12.8 Å². The summed E-state index contributed by atoms with van der Waals surface area (Å²) in [6.45, 7) is 7.94. The molecule has 0 aliphatic rings. The molecule has 0 heterocycles. The average molecular weight is 257 g/mol. The number of hydrogen-bond donors (Lipinski definition) is 1. The van der Waals surface area contributed by atoms with Gasteiger partial charge in [-0.3, -0.25) is 4.79 Å². The lowest BCUT2D eigenvalue weighted by Gasteiger charge is -2.23. The second-order valence-electron chi connectivity index (χ2n) is 5.93. The van der Waals surface area contributed by atoms with Gasteiger partial charge >= 0.3 is 5.97 Å². The van der Waals surface area contributed by atoms with Crippen molar-refractivity contribution in [3.05, 3.63) is 0 Å². The molecule has 0 aliphatic carbocycles. The van der Waals surface area contributed by atoms with E-state index < -0.39 is 5.60 Å². The fraction of sp³-hybridized carbons (Fsp3) is 0.933.